The van der Waals surface area contributed by atoms with Crippen LogP contribution in [0.3, 0.4) is 0 Å². The molecule has 0 saturated carbocycles. The first kappa shape index (κ1) is 13.2. The fourth-order valence-corrected chi connectivity index (χ4v) is 1.95. The molecule has 0 atom stereocenters. The number of rotatable bonds is 3. The first-order chi connectivity index (χ1) is 10.2. The summed E-state index contributed by atoms with van der Waals surface area (Å²) >= 11 is 0. The maximum atomic E-state index is 11.8. The second kappa shape index (κ2) is 5.28. The molecule has 0 amide bonds. The third-order valence-corrected chi connectivity index (χ3v) is 2.98. The number of benzene rings is 1. The van der Waals surface area contributed by atoms with Gasteiger partial charge in [0, 0.05) is 11.6 Å². The lowest BCUT2D eigenvalue weighted by Gasteiger charge is -2.02. The molecule has 5 nitrogen and oxygen atoms in total. The Balaban J connectivity index is 1.93. The van der Waals surface area contributed by atoms with Gasteiger partial charge in [0.1, 0.15) is 17.3 Å². The molecule has 0 aliphatic carbocycles. The molecule has 1 aliphatic heterocycles. The van der Waals surface area contributed by atoms with E-state index in [0.29, 0.717) is 17.1 Å². The summed E-state index contributed by atoms with van der Waals surface area (Å²) in [5.74, 6) is 1.76. The number of carbonyl (C=O) groups excluding carboxylic acids is 1. The lowest BCUT2D eigenvalue weighted by Crippen LogP contribution is -2.05. The molecule has 0 spiro atoms. The molecule has 0 saturated heterocycles. The summed E-state index contributed by atoms with van der Waals surface area (Å²) in [6, 6.07) is 10.8. The molecule has 2 heterocycles. The van der Waals surface area contributed by atoms with Crippen LogP contribution in [0.5, 0.6) is 5.75 Å². The SMILES string of the molecule is COc1cccc(C2=N/C(=C/c3ccc(C)o3)C(=O)O2)c1. The fourth-order valence-electron chi connectivity index (χ4n) is 1.95. The number of esters is 1. The second-order valence-corrected chi connectivity index (χ2v) is 4.52. The van der Waals surface area contributed by atoms with Crippen molar-refractivity contribution in [1.29, 1.82) is 0 Å². The third-order valence-electron chi connectivity index (χ3n) is 2.98. The monoisotopic (exact) mass is 283 g/mol. The van der Waals surface area contributed by atoms with Crippen molar-refractivity contribution in [3.8, 4) is 5.75 Å². The average Bonchev–Trinajstić information content (AvgIpc) is 3.06. The van der Waals surface area contributed by atoms with E-state index in [0.717, 1.165) is 5.76 Å². The summed E-state index contributed by atoms with van der Waals surface area (Å²) in [6.45, 7) is 1.83. The van der Waals surface area contributed by atoms with E-state index in [1.807, 2.05) is 25.1 Å². The molecule has 106 valence electrons. The van der Waals surface area contributed by atoms with E-state index in [2.05, 4.69) is 4.99 Å². The van der Waals surface area contributed by atoms with E-state index in [1.54, 1.807) is 31.4 Å². The van der Waals surface area contributed by atoms with Gasteiger partial charge in [-0.05, 0) is 37.3 Å². The van der Waals surface area contributed by atoms with Crippen LogP contribution in [0.15, 0.2) is 51.5 Å². The fraction of sp³-hybridized carbons (Fsp3) is 0.125. The van der Waals surface area contributed by atoms with Crippen LogP contribution in [0.2, 0.25) is 0 Å². The van der Waals surface area contributed by atoms with Crippen LogP contribution in [0.1, 0.15) is 17.1 Å². The summed E-state index contributed by atoms with van der Waals surface area (Å²) in [6.07, 6.45) is 1.56. The quantitative estimate of drug-likeness (QED) is 0.642. The molecule has 1 aliphatic rings. The van der Waals surface area contributed by atoms with E-state index in [1.165, 1.54) is 0 Å². The summed E-state index contributed by atoms with van der Waals surface area (Å²) in [7, 11) is 1.58. The first-order valence-electron chi connectivity index (χ1n) is 6.39. The van der Waals surface area contributed by atoms with Gasteiger partial charge in [0.15, 0.2) is 5.70 Å². The highest BCUT2D eigenvalue weighted by molar-refractivity contribution is 6.12. The summed E-state index contributed by atoms with van der Waals surface area (Å²) in [5, 5.41) is 0. The molecule has 21 heavy (non-hydrogen) atoms. The Morgan fingerprint density at radius 2 is 2.10 bits per heavy atom. The minimum absolute atomic E-state index is 0.210. The zero-order valence-corrected chi connectivity index (χ0v) is 11.6. The van der Waals surface area contributed by atoms with Crippen molar-refractivity contribution in [1.82, 2.24) is 0 Å². The van der Waals surface area contributed by atoms with Gasteiger partial charge in [0.05, 0.1) is 7.11 Å². The van der Waals surface area contributed by atoms with Crippen LogP contribution in [0.25, 0.3) is 6.08 Å². The predicted molar refractivity (Wildman–Crippen MR) is 77.0 cm³/mol. The van der Waals surface area contributed by atoms with Crippen LogP contribution < -0.4 is 4.74 Å². The maximum absolute atomic E-state index is 11.8. The number of hydrogen-bond donors (Lipinski definition) is 0. The van der Waals surface area contributed by atoms with Gasteiger partial charge in [-0.25, -0.2) is 9.79 Å². The van der Waals surface area contributed by atoms with Crippen molar-refractivity contribution in [2.45, 2.75) is 6.92 Å². The molecule has 1 aromatic heterocycles. The Bertz CT molecular complexity index is 755. The van der Waals surface area contributed by atoms with Crippen molar-refractivity contribution in [3.05, 3.63) is 59.2 Å². The highest BCUT2D eigenvalue weighted by Gasteiger charge is 2.24. The lowest BCUT2D eigenvalue weighted by molar-refractivity contribution is -0.129. The molecule has 0 radical (unpaired) electrons. The van der Waals surface area contributed by atoms with Crippen molar-refractivity contribution in [2.75, 3.05) is 7.11 Å². The molecular formula is C16H13NO4. The summed E-state index contributed by atoms with van der Waals surface area (Å²) in [4.78, 5) is 16.1. The smallest absolute Gasteiger partial charge is 0.363 e. The van der Waals surface area contributed by atoms with Gasteiger partial charge >= 0.3 is 5.97 Å². The predicted octanol–water partition coefficient (Wildman–Crippen LogP) is 2.94. The molecule has 0 unspecified atom stereocenters. The number of furan rings is 1. The Kier molecular flexibility index (Phi) is 3.31. The molecule has 0 bridgehead atoms. The van der Waals surface area contributed by atoms with Gasteiger partial charge in [-0.3, -0.25) is 0 Å². The Hall–Kier alpha value is -2.82. The molecule has 0 N–H and O–H groups in total. The van der Waals surface area contributed by atoms with Crippen LogP contribution in [0.4, 0.5) is 0 Å². The molecule has 0 fully saturated rings. The van der Waals surface area contributed by atoms with Crippen molar-refractivity contribution in [3.63, 3.8) is 0 Å². The van der Waals surface area contributed by atoms with Crippen LogP contribution >= 0.6 is 0 Å². The number of hydrogen-bond acceptors (Lipinski definition) is 5. The van der Waals surface area contributed by atoms with Gasteiger partial charge in [-0.2, -0.15) is 0 Å². The first-order valence-corrected chi connectivity index (χ1v) is 6.39. The topological polar surface area (TPSA) is 61.0 Å². The zero-order chi connectivity index (χ0) is 14.8. The Labute approximate surface area is 121 Å². The number of cyclic esters (lactones) is 1. The van der Waals surface area contributed by atoms with Crippen LogP contribution in [-0.4, -0.2) is 19.0 Å². The highest BCUT2D eigenvalue weighted by atomic mass is 16.6. The standard InChI is InChI=1S/C16H13NO4/c1-10-6-7-13(20-10)9-14-16(18)21-15(17-14)11-4-3-5-12(8-11)19-2/h3-9H,1-2H3/b14-9+. The highest BCUT2D eigenvalue weighted by Crippen LogP contribution is 2.22. The normalized spacial score (nSPS) is 16.0. The molecule has 3 rings (SSSR count). The minimum atomic E-state index is -0.498. The maximum Gasteiger partial charge on any atom is 0.363 e. The lowest BCUT2D eigenvalue weighted by atomic mass is 10.2. The van der Waals surface area contributed by atoms with Gasteiger partial charge in [-0.15, -0.1) is 0 Å². The molecular weight excluding hydrogens is 270 g/mol. The third kappa shape index (κ3) is 2.72. The van der Waals surface area contributed by atoms with E-state index in [-0.39, 0.29) is 11.6 Å². The molecule has 2 aromatic rings. The number of aryl methyl sites for hydroxylation is 1. The van der Waals surface area contributed by atoms with Gasteiger partial charge < -0.3 is 13.9 Å². The molecule has 5 heteroatoms. The van der Waals surface area contributed by atoms with Crippen molar-refractivity contribution in [2.24, 2.45) is 4.99 Å². The summed E-state index contributed by atoms with van der Waals surface area (Å²) in [5.41, 5.74) is 0.892. The second-order valence-electron chi connectivity index (χ2n) is 4.52. The van der Waals surface area contributed by atoms with E-state index >= 15 is 0 Å². The Morgan fingerprint density at radius 1 is 1.24 bits per heavy atom. The van der Waals surface area contributed by atoms with Gasteiger partial charge in [0.2, 0.25) is 5.90 Å². The average molecular weight is 283 g/mol. The van der Waals surface area contributed by atoms with E-state index in [9.17, 15) is 4.79 Å². The molecule has 1 aromatic carbocycles. The van der Waals surface area contributed by atoms with E-state index in [4.69, 9.17) is 13.9 Å². The number of ether oxygens (including phenoxy) is 2. The minimum Gasteiger partial charge on any atom is -0.497 e. The van der Waals surface area contributed by atoms with Gasteiger partial charge in [-0.1, -0.05) is 6.07 Å². The summed E-state index contributed by atoms with van der Waals surface area (Å²) < 4.78 is 15.7. The van der Waals surface area contributed by atoms with E-state index < -0.39 is 5.97 Å². The largest absolute Gasteiger partial charge is 0.497 e. The number of methoxy groups -OCH3 is 1. The van der Waals surface area contributed by atoms with Crippen LogP contribution in [0, 0.1) is 6.92 Å². The number of nitrogens with zero attached hydrogens (tertiary/aromatic N) is 1. The van der Waals surface area contributed by atoms with Crippen molar-refractivity contribution >= 4 is 17.9 Å². The number of aliphatic imine (C=N–C) groups is 1. The number of carbonyl (C=O) groups is 1. The Morgan fingerprint density at radius 3 is 2.81 bits per heavy atom. The zero-order valence-electron chi connectivity index (χ0n) is 11.6. The van der Waals surface area contributed by atoms with Crippen LogP contribution in [-0.2, 0) is 9.53 Å². The van der Waals surface area contributed by atoms with Crippen molar-refractivity contribution < 1.29 is 18.7 Å². The van der Waals surface area contributed by atoms with Gasteiger partial charge in [0.25, 0.3) is 0 Å².